The molecule has 0 saturated carbocycles. The number of hydrogen-bond acceptors (Lipinski definition) is 4. The van der Waals surface area contributed by atoms with Crippen LogP contribution in [0.4, 0.5) is 17.1 Å². The van der Waals surface area contributed by atoms with Gasteiger partial charge in [-0.1, -0.05) is 31.9 Å². The van der Waals surface area contributed by atoms with E-state index in [1.54, 1.807) is 19.1 Å². The Labute approximate surface area is 174 Å². The summed E-state index contributed by atoms with van der Waals surface area (Å²) in [5.74, 6) is -0.660. The highest BCUT2D eigenvalue weighted by atomic mass is 79.9. The van der Waals surface area contributed by atoms with Crippen LogP contribution < -0.4 is 4.90 Å². The summed E-state index contributed by atoms with van der Waals surface area (Å²) in [5, 5.41) is 10.1. The molecule has 0 radical (unpaired) electrons. The van der Waals surface area contributed by atoms with Crippen molar-refractivity contribution in [3.8, 4) is 5.75 Å². The minimum absolute atomic E-state index is 0.108. The minimum Gasteiger partial charge on any atom is -0.507 e. The van der Waals surface area contributed by atoms with Crippen molar-refractivity contribution in [3.63, 3.8) is 0 Å². The first-order valence-corrected chi connectivity index (χ1v) is 9.89. The lowest BCUT2D eigenvalue weighted by Gasteiger charge is -2.26. The molecule has 0 fully saturated rings. The van der Waals surface area contributed by atoms with E-state index in [1.807, 2.05) is 53.4 Å². The van der Waals surface area contributed by atoms with Gasteiger partial charge in [0.25, 0.3) is 0 Å². The van der Waals surface area contributed by atoms with Crippen LogP contribution in [0.15, 0.2) is 75.7 Å². The summed E-state index contributed by atoms with van der Waals surface area (Å²) in [5.41, 5.74) is 2.70. The fourth-order valence-corrected chi connectivity index (χ4v) is 3.19. The molecular weight excluding hydrogens is 474 g/mol. The van der Waals surface area contributed by atoms with Crippen LogP contribution in [0.25, 0.3) is 0 Å². The second-order valence-electron chi connectivity index (χ2n) is 5.71. The highest BCUT2D eigenvalue weighted by molar-refractivity contribution is 9.10. The molecular formula is C21H17Br2NO3. The summed E-state index contributed by atoms with van der Waals surface area (Å²) >= 11 is 6.91. The predicted octanol–water partition coefficient (Wildman–Crippen LogP) is 6.56. The van der Waals surface area contributed by atoms with E-state index in [1.165, 1.54) is 6.07 Å². The lowest BCUT2D eigenvalue weighted by atomic mass is 10.1. The summed E-state index contributed by atoms with van der Waals surface area (Å²) in [7, 11) is 0. The molecule has 0 aliphatic rings. The number of benzene rings is 3. The number of carbonyl (C=O) groups is 1. The van der Waals surface area contributed by atoms with Crippen LogP contribution in [-0.2, 0) is 4.74 Å². The summed E-state index contributed by atoms with van der Waals surface area (Å²) < 4.78 is 7.00. The Balaban J connectivity index is 2.13. The molecule has 0 bridgehead atoms. The van der Waals surface area contributed by atoms with Crippen molar-refractivity contribution in [2.24, 2.45) is 0 Å². The van der Waals surface area contributed by atoms with Crippen molar-refractivity contribution in [2.45, 2.75) is 6.92 Å². The maximum Gasteiger partial charge on any atom is 0.341 e. The van der Waals surface area contributed by atoms with Crippen molar-refractivity contribution >= 4 is 54.9 Å². The van der Waals surface area contributed by atoms with Crippen molar-refractivity contribution < 1.29 is 14.6 Å². The fraction of sp³-hybridized carbons (Fsp3) is 0.0952. The zero-order chi connectivity index (χ0) is 19.4. The summed E-state index contributed by atoms with van der Waals surface area (Å²) in [6.07, 6.45) is 0. The van der Waals surface area contributed by atoms with Gasteiger partial charge in [0.2, 0.25) is 0 Å². The number of nitrogens with zero attached hydrogens (tertiary/aromatic N) is 1. The van der Waals surface area contributed by atoms with Gasteiger partial charge < -0.3 is 14.7 Å². The number of hydrogen-bond donors (Lipinski definition) is 1. The monoisotopic (exact) mass is 489 g/mol. The van der Waals surface area contributed by atoms with Gasteiger partial charge in [0.15, 0.2) is 0 Å². The average molecular weight is 491 g/mol. The van der Waals surface area contributed by atoms with Crippen molar-refractivity contribution in [2.75, 3.05) is 11.5 Å². The molecule has 138 valence electrons. The van der Waals surface area contributed by atoms with Gasteiger partial charge in [-0.25, -0.2) is 4.79 Å². The molecule has 0 aromatic heterocycles. The Kier molecular flexibility index (Phi) is 6.19. The van der Waals surface area contributed by atoms with Crippen LogP contribution in [0.2, 0.25) is 0 Å². The fourth-order valence-electron chi connectivity index (χ4n) is 2.66. The van der Waals surface area contributed by atoms with E-state index in [2.05, 4.69) is 31.9 Å². The Bertz CT molecular complexity index is 895. The third-order valence-electron chi connectivity index (χ3n) is 3.90. The molecule has 3 aromatic rings. The van der Waals surface area contributed by atoms with Crippen LogP contribution in [-0.4, -0.2) is 17.7 Å². The van der Waals surface area contributed by atoms with Crippen LogP contribution in [0, 0.1) is 0 Å². The summed E-state index contributed by atoms with van der Waals surface area (Å²) in [6, 6.07) is 20.6. The number of phenols is 1. The molecule has 0 saturated heterocycles. The first-order chi connectivity index (χ1) is 13.0. The van der Waals surface area contributed by atoms with Crippen LogP contribution >= 0.6 is 31.9 Å². The van der Waals surface area contributed by atoms with E-state index in [0.717, 1.165) is 26.0 Å². The van der Waals surface area contributed by atoms with E-state index in [9.17, 15) is 9.90 Å². The number of rotatable bonds is 5. The molecule has 0 unspecified atom stereocenters. The molecule has 1 N–H and O–H groups in total. The topological polar surface area (TPSA) is 49.8 Å². The molecule has 0 heterocycles. The van der Waals surface area contributed by atoms with Crippen LogP contribution in [0.5, 0.6) is 5.75 Å². The Morgan fingerprint density at radius 2 is 1.37 bits per heavy atom. The Morgan fingerprint density at radius 3 is 1.85 bits per heavy atom. The average Bonchev–Trinajstić information content (AvgIpc) is 2.66. The van der Waals surface area contributed by atoms with Gasteiger partial charge in [0, 0.05) is 26.0 Å². The smallest absolute Gasteiger partial charge is 0.341 e. The first kappa shape index (κ1) is 19.5. The van der Waals surface area contributed by atoms with Crippen LogP contribution in [0.3, 0.4) is 0 Å². The predicted molar refractivity (Wildman–Crippen MR) is 114 cm³/mol. The number of carbonyl (C=O) groups excluding carboxylic acids is 1. The standard InChI is InChI=1S/C21H17Br2NO3/c1-2-27-21(26)19-13-18(11-12-20(19)25)24(16-7-3-14(22)4-8-16)17-9-5-15(23)6-10-17/h3-13,25H,2H2,1H3. The van der Waals surface area contributed by atoms with Crippen molar-refractivity contribution in [1.29, 1.82) is 0 Å². The van der Waals surface area contributed by atoms with E-state index < -0.39 is 5.97 Å². The SMILES string of the molecule is CCOC(=O)c1cc(N(c2ccc(Br)cc2)c2ccc(Br)cc2)ccc1O. The highest BCUT2D eigenvalue weighted by Crippen LogP contribution is 2.37. The van der Waals surface area contributed by atoms with E-state index in [-0.39, 0.29) is 17.9 Å². The van der Waals surface area contributed by atoms with Crippen molar-refractivity contribution in [3.05, 3.63) is 81.2 Å². The Morgan fingerprint density at radius 1 is 0.889 bits per heavy atom. The second-order valence-corrected chi connectivity index (χ2v) is 7.54. The van der Waals surface area contributed by atoms with E-state index in [4.69, 9.17) is 4.74 Å². The van der Waals surface area contributed by atoms with Gasteiger partial charge in [-0.3, -0.25) is 0 Å². The van der Waals surface area contributed by atoms with Gasteiger partial charge in [0.05, 0.1) is 6.61 Å². The molecule has 0 aliphatic heterocycles. The quantitative estimate of drug-likeness (QED) is 0.411. The minimum atomic E-state index is -0.552. The van der Waals surface area contributed by atoms with Gasteiger partial charge >= 0.3 is 5.97 Å². The molecule has 0 spiro atoms. The van der Waals surface area contributed by atoms with Gasteiger partial charge in [-0.15, -0.1) is 0 Å². The number of ether oxygens (including phenoxy) is 1. The molecule has 4 nitrogen and oxygen atoms in total. The first-order valence-electron chi connectivity index (χ1n) is 8.31. The molecule has 3 aromatic carbocycles. The number of phenolic OH excluding ortho intramolecular Hbond substituents is 1. The van der Waals surface area contributed by atoms with Gasteiger partial charge in [-0.05, 0) is 73.7 Å². The van der Waals surface area contributed by atoms with E-state index >= 15 is 0 Å². The molecule has 0 aliphatic carbocycles. The van der Waals surface area contributed by atoms with Crippen LogP contribution in [0.1, 0.15) is 17.3 Å². The number of halogens is 2. The largest absolute Gasteiger partial charge is 0.507 e. The number of anilines is 3. The molecule has 6 heteroatoms. The second kappa shape index (κ2) is 8.59. The van der Waals surface area contributed by atoms with Gasteiger partial charge in [-0.2, -0.15) is 0 Å². The molecule has 0 atom stereocenters. The molecule has 27 heavy (non-hydrogen) atoms. The lowest BCUT2D eigenvalue weighted by Crippen LogP contribution is -2.12. The van der Waals surface area contributed by atoms with Gasteiger partial charge in [0.1, 0.15) is 11.3 Å². The number of aromatic hydroxyl groups is 1. The van der Waals surface area contributed by atoms with E-state index in [0.29, 0.717) is 0 Å². The van der Waals surface area contributed by atoms with Crippen molar-refractivity contribution in [1.82, 2.24) is 0 Å². The summed E-state index contributed by atoms with van der Waals surface area (Å²) in [4.78, 5) is 14.2. The lowest BCUT2D eigenvalue weighted by molar-refractivity contribution is 0.0523. The third kappa shape index (κ3) is 4.51. The maximum absolute atomic E-state index is 12.2. The third-order valence-corrected chi connectivity index (χ3v) is 4.96. The maximum atomic E-state index is 12.2. The zero-order valence-electron chi connectivity index (χ0n) is 14.5. The molecule has 0 amide bonds. The highest BCUT2D eigenvalue weighted by Gasteiger charge is 2.18. The zero-order valence-corrected chi connectivity index (χ0v) is 17.7. The molecule has 3 rings (SSSR count). The normalized spacial score (nSPS) is 10.5. The summed E-state index contributed by atoms with van der Waals surface area (Å²) in [6.45, 7) is 1.97. The number of esters is 1. The Hall–Kier alpha value is -2.31.